The van der Waals surface area contributed by atoms with Crippen molar-refractivity contribution in [1.82, 2.24) is 9.71 Å². The second kappa shape index (κ2) is 5.59. The van der Waals surface area contributed by atoms with Gasteiger partial charge >= 0.3 is 5.69 Å². The Hall–Kier alpha value is -1.94. The van der Waals surface area contributed by atoms with Crippen LogP contribution in [0.2, 0.25) is 0 Å². The minimum atomic E-state index is -3.34. The van der Waals surface area contributed by atoms with Gasteiger partial charge in [-0.25, -0.2) is 18.1 Å². The average Bonchev–Trinajstić information content (AvgIpc) is 2.22. The number of nitrogens with zero attached hydrogens (tertiary/aromatic N) is 2. The number of hydrogen-bond acceptors (Lipinski definition) is 7. The van der Waals surface area contributed by atoms with Crippen LogP contribution in [0, 0.1) is 10.1 Å². The van der Waals surface area contributed by atoms with Gasteiger partial charge in [0.05, 0.1) is 11.2 Å². The zero-order chi connectivity index (χ0) is 15.6. The van der Waals surface area contributed by atoms with Gasteiger partial charge in [-0.05, 0) is 19.9 Å². The summed E-state index contributed by atoms with van der Waals surface area (Å²) >= 11 is 0. The molecule has 1 aromatic heterocycles. The number of anilines is 2. The first-order chi connectivity index (χ1) is 9.00. The van der Waals surface area contributed by atoms with Crippen molar-refractivity contribution in [3.8, 4) is 0 Å². The number of nitrogens with two attached hydrogens (primary N) is 1. The Morgan fingerprint density at radius 1 is 1.45 bits per heavy atom. The van der Waals surface area contributed by atoms with Gasteiger partial charge in [-0.1, -0.05) is 0 Å². The van der Waals surface area contributed by atoms with Crippen LogP contribution in [0.5, 0.6) is 0 Å². The largest absolute Gasteiger partial charge is 0.378 e. The molecular weight excluding hydrogens is 286 g/mol. The third kappa shape index (κ3) is 4.97. The average molecular weight is 303 g/mol. The summed E-state index contributed by atoms with van der Waals surface area (Å²) in [7, 11) is -3.34. The van der Waals surface area contributed by atoms with E-state index in [2.05, 4.69) is 15.0 Å². The molecule has 0 spiro atoms. The molecule has 0 fully saturated rings. The van der Waals surface area contributed by atoms with Gasteiger partial charge in [0.25, 0.3) is 0 Å². The van der Waals surface area contributed by atoms with Crippen molar-refractivity contribution in [3.05, 3.63) is 22.2 Å². The number of pyridine rings is 1. The molecule has 1 aromatic rings. The zero-order valence-corrected chi connectivity index (χ0v) is 12.2. The van der Waals surface area contributed by atoms with Crippen molar-refractivity contribution in [2.75, 3.05) is 23.9 Å². The van der Waals surface area contributed by atoms with Crippen LogP contribution in [0.3, 0.4) is 0 Å². The Labute approximate surface area is 116 Å². The molecule has 112 valence electrons. The fourth-order valence-electron chi connectivity index (χ4n) is 1.57. The maximum Gasteiger partial charge on any atom is 0.311 e. The Morgan fingerprint density at radius 3 is 2.50 bits per heavy atom. The van der Waals surface area contributed by atoms with Crippen LogP contribution in [-0.2, 0) is 10.0 Å². The van der Waals surface area contributed by atoms with E-state index in [1.54, 1.807) is 13.8 Å². The normalized spacial score (nSPS) is 12.2. The lowest BCUT2D eigenvalue weighted by molar-refractivity contribution is -0.384. The van der Waals surface area contributed by atoms with Gasteiger partial charge in [-0.15, -0.1) is 0 Å². The van der Waals surface area contributed by atoms with Gasteiger partial charge < -0.3 is 11.1 Å². The smallest absolute Gasteiger partial charge is 0.311 e. The zero-order valence-electron chi connectivity index (χ0n) is 11.4. The van der Waals surface area contributed by atoms with E-state index in [0.717, 1.165) is 6.26 Å². The van der Waals surface area contributed by atoms with E-state index in [1.165, 1.54) is 12.1 Å². The second-order valence-corrected chi connectivity index (χ2v) is 6.72. The summed E-state index contributed by atoms with van der Waals surface area (Å²) in [5, 5.41) is 13.5. The second-order valence-electron chi connectivity index (χ2n) is 4.97. The molecule has 0 radical (unpaired) electrons. The molecule has 0 aliphatic rings. The summed E-state index contributed by atoms with van der Waals surface area (Å²) in [4.78, 5) is 13.8. The van der Waals surface area contributed by atoms with E-state index in [-0.39, 0.29) is 18.1 Å². The lowest BCUT2D eigenvalue weighted by Gasteiger charge is -2.25. The molecule has 1 rings (SSSR count). The summed E-state index contributed by atoms with van der Waals surface area (Å²) in [6, 6.07) is 2.65. The van der Waals surface area contributed by atoms with E-state index in [1.807, 2.05) is 0 Å². The molecule has 1 heterocycles. The number of sulfonamides is 1. The van der Waals surface area contributed by atoms with Crippen molar-refractivity contribution in [1.29, 1.82) is 0 Å². The molecule has 0 bridgehead atoms. The van der Waals surface area contributed by atoms with Crippen LogP contribution in [0.1, 0.15) is 13.8 Å². The molecule has 0 atom stereocenters. The molecule has 4 N–H and O–H groups in total. The third-order valence-corrected chi connectivity index (χ3v) is 3.20. The quantitative estimate of drug-likeness (QED) is 0.507. The van der Waals surface area contributed by atoms with E-state index in [0.29, 0.717) is 5.82 Å². The number of nitrogens with one attached hydrogen (secondary N) is 2. The molecule has 0 amide bonds. The predicted molar refractivity (Wildman–Crippen MR) is 75.9 cm³/mol. The highest BCUT2D eigenvalue weighted by Gasteiger charge is 2.22. The fourth-order valence-corrected chi connectivity index (χ4v) is 2.65. The SMILES string of the molecule is CC(C)(CNc1ccc([N+](=O)[O-])c(N)n1)NS(C)(=O)=O. The van der Waals surface area contributed by atoms with Gasteiger partial charge in [-0.2, -0.15) is 0 Å². The highest BCUT2D eigenvalue weighted by Crippen LogP contribution is 2.21. The first-order valence-electron chi connectivity index (χ1n) is 5.64. The van der Waals surface area contributed by atoms with Gasteiger partial charge in [0.1, 0.15) is 5.82 Å². The van der Waals surface area contributed by atoms with Crippen LogP contribution >= 0.6 is 0 Å². The Morgan fingerprint density at radius 2 is 2.05 bits per heavy atom. The van der Waals surface area contributed by atoms with E-state index in [4.69, 9.17) is 5.73 Å². The lowest BCUT2D eigenvalue weighted by atomic mass is 10.1. The maximum atomic E-state index is 11.2. The Balaban J connectivity index is 2.76. The summed E-state index contributed by atoms with van der Waals surface area (Å²) in [5.74, 6) is 0.130. The molecule has 0 unspecified atom stereocenters. The molecule has 20 heavy (non-hydrogen) atoms. The highest BCUT2D eigenvalue weighted by molar-refractivity contribution is 7.88. The Bertz CT molecular complexity index is 614. The van der Waals surface area contributed by atoms with E-state index < -0.39 is 20.5 Å². The summed E-state index contributed by atoms with van der Waals surface area (Å²) < 4.78 is 24.8. The fraction of sp³-hybridized carbons (Fsp3) is 0.500. The molecular formula is C10H17N5O4S. The standard InChI is InChI=1S/C10H17N5O4S/c1-10(2,14-20(3,18)19)6-12-8-5-4-7(15(16)17)9(11)13-8/h4-5,14H,6H2,1-3H3,(H3,11,12,13). The van der Waals surface area contributed by atoms with Crippen LogP contribution in [0.25, 0.3) is 0 Å². The molecule has 0 aromatic carbocycles. The first-order valence-corrected chi connectivity index (χ1v) is 7.53. The van der Waals surface area contributed by atoms with Crippen molar-refractivity contribution >= 4 is 27.3 Å². The highest BCUT2D eigenvalue weighted by atomic mass is 32.2. The molecule has 9 nitrogen and oxygen atoms in total. The number of nitro groups is 1. The van der Waals surface area contributed by atoms with Crippen LogP contribution in [0.15, 0.2) is 12.1 Å². The monoisotopic (exact) mass is 303 g/mol. The third-order valence-electron chi connectivity index (χ3n) is 2.27. The molecule has 0 aliphatic heterocycles. The minimum absolute atomic E-state index is 0.200. The number of nitrogen functional groups attached to an aromatic ring is 1. The lowest BCUT2D eigenvalue weighted by Crippen LogP contribution is -2.47. The number of aromatic nitrogens is 1. The van der Waals surface area contributed by atoms with Crippen molar-refractivity contribution in [3.63, 3.8) is 0 Å². The van der Waals surface area contributed by atoms with Crippen molar-refractivity contribution < 1.29 is 13.3 Å². The molecule has 0 saturated heterocycles. The van der Waals surface area contributed by atoms with E-state index >= 15 is 0 Å². The van der Waals surface area contributed by atoms with Crippen LogP contribution < -0.4 is 15.8 Å². The van der Waals surface area contributed by atoms with Gasteiger partial charge in [0, 0.05) is 18.2 Å². The van der Waals surface area contributed by atoms with Crippen LogP contribution in [0.4, 0.5) is 17.3 Å². The maximum absolute atomic E-state index is 11.2. The van der Waals surface area contributed by atoms with Crippen molar-refractivity contribution in [2.45, 2.75) is 19.4 Å². The van der Waals surface area contributed by atoms with Gasteiger partial charge in [0.15, 0.2) is 0 Å². The van der Waals surface area contributed by atoms with Gasteiger partial charge in [-0.3, -0.25) is 10.1 Å². The minimum Gasteiger partial charge on any atom is -0.378 e. The molecule has 0 aliphatic carbocycles. The molecule has 10 heteroatoms. The number of hydrogen-bond donors (Lipinski definition) is 3. The first kappa shape index (κ1) is 16.1. The topological polar surface area (TPSA) is 140 Å². The summed E-state index contributed by atoms with van der Waals surface area (Å²) in [5.41, 5.74) is 4.44. The Kier molecular flexibility index (Phi) is 4.50. The molecule has 0 saturated carbocycles. The summed E-state index contributed by atoms with van der Waals surface area (Å²) in [6.07, 6.45) is 1.07. The van der Waals surface area contributed by atoms with Crippen LogP contribution in [-0.4, -0.2) is 36.7 Å². The van der Waals surface area contributed by atoms with E-state index in [9.17, 15) is 18.5 Å². The van der Waals surface area contributed by atoms with Gasteiger partial charge in [0.2, 0.25) is 15.8 Å². The predicted octanol–water partition coefficient (Wildman–Crippen LogP) is 0.312. The number of rotatable bonds is 6. The van der Waals surface area contributed by atoms with Crippen molar-refractivity contribution in [2.24, 2.45) is 0 Å². The summed E-state index contributed by atoms with van der Waals surface area (Å²) in [6.45, 7) is 3.62.